The monoisotopic (exact) mass is 903 g/mol. The number of carboxylic acids is 1. The van der Waals surface area contributed by atoms with E-state index in [-0.39, 0.29) is 47.4 Å². The zero-order valence-corrected chi connectivity index (χ0v) is 35.6. The molecule has 6 rings (SSSR count). The van der Waals surface area contributed by atoms with Crippen LogP contribution in [0.4, 0.5) is 4.79 Å². The number of nitrogens with one attached hydrogen (secondary N) is 6. The number of hydrogen-bond acceptors (Lipinski definition) is 14. The molecule has 0 spiro atoms. The quantitative estimate of drug-likeness (QED) is 0.0467. The third-order valence-electron chi connectivity index (χ3n) is 11.1. The van der Waals surface area contributed by atoms with Gasteiger partial charge in [0.25, 0.3) is 5.56 Å². The first-order chi connectivity index (χ1) is 31.0. The number of aliphatic hydroxyl groups is 1. The summed E-state index contributed by atoms with van der Waals surface area (Å²) in [5, 5.41) is 32.1. The first-order valence-corrected chi connectivity index (χ1v) is 20.2. The summed E-state index contributed by atoms with van der Waals surface area (Å²) in [6, 6.07) is 5.35. The molecule has 0 aliphatic carbocycles. The number of nitrogens with two attached hydrogens (primary N) is 1. The fourth-order valence-corrected chi connectivity index (χ4v) is 7.55. The van der Waals surface area contributed by atoms with E-state index in [2.05, 4.69) is 31.2 Å². The van der Waals surface area contributed by atoms with Gasteiger partial charge in [-0.1, -0.05) is 18.2 Å². The summed E-state index contributed by atoms with van der Waals surface area (Å²) >= 11 is 0. The van der Waals surface area contributed by atoms with E-state index in [9.17, 15) is 48.6 Å². The molecule has 10 N–H and O–H groups in total. The largest absolute Gasteiger partial charge is 0.493 e. The first-order valence-electron chi connectivity index (χ1n) is 20.2. The number of H-pyrrole nitrogens is 2. The summed E-state index contributed by atoms with van der Waals surface area (Å²) in [6.07, 6.45) is -1.16. The van der Waals surface area contributed by atoms with E-state index in [4.69, 9.17) is 24.4 Å². The molecule has 0 radical (unpaired) electrons. The summed E-state index contributed by atoms with van der Waals surface area (Å²) in [7, 11) is 4.11. The molecule has 7 atom stereocenters. The second-order valence-electron chi connectivity index (χ2n) is 15.3. The maximum atomic E-state index is 14.5. The predicted molar refractivity (Wildman–Crippen MR) is 230 cm³/mol. The molecule has 23 nitrogen and oxygen atoms in total. The normalized spacial score (nSPS) is 17.7. The van der Waals surface area contributed by atoms with Crippen LogP contribution in [0.3, 0.4) is 0 Å². The molecule has 0 unspecified atom stereocenters. The number of nitrogens with zero attached hydrogens (tertiary/aromatic N) is 2. The Kier molecular flexibility index (Phi) is 14.7. The lowest BCUT2D eigenvalue weighted by molar-refractivity contribution is -0.139. The number of carbonyl (C=O) groups is 5. The molecule has 65 heavy (non-hydrogen) atoms. The number of benzene rings is 2. The van der Waals surface area contributed by atoms with Gasteiger partial charge in [0.15, 0.2) is 17.7 Å². The molecule has 1 aliphatic heterocycles. The highest BCUT2D eigenvalue weighted by molar-refractivity contribution is 5.94. The van der Waals surface area contributed by atoms with Crippen LogP contribution in [-0.4, -0.2) is 130 Å². The standard InChI is InChI=1S/C42H49N9O14/c1-20(50(2)34(54)17-43)36(38(57)45-19-23-14-29(52)39(64-23)51-10-9-33(53)48-42(51)61)49-37(56)27(11-21-13-35(55)65-30-16-32(63-4)31(62-3)15-25(21)30)46-41(60)47-28(40(58)59)12-22-18-44-26-8-6-5-7-24(22)26/h5-10,13,15-16,18,20,23,27-29,36,39,44,52H,11-12,14,17,19,43H2,1-4H3,(H,45,57)(H,49,56)(H,58,59)(H2,46,47,60)(H,48,53,61)/t20-,23+,27-,28-,29+,36-,39+/m0/s1. The highest BCUT2D eigenvalue weighted by atomic mass is 16.5. The van der Waals surface area contributed by atoms with Crippen LogP contribution in [0.2, 0.25) is 0 Å². The second kappa shape index (κ2) is 20.3. The van der Waals surface area contributed by atoms with Gasteiger partial charge in [-0.25, -0.2) is 19.2 Å². The van der Waals surface area contributed by atoms with Crippen LogP contribution >= 0.6 is 0 Å². The lowest BCUT2D eigenvalue weighted by Gasteiger charge is -2.33. The minimum Gasteiger partial charge on any atom is -0.493 e. The molecule has 0 saturated carbocycles. The van der Waals surface area contributed by atoms with Gasteiger partial charge in [-0.15, -0.1) is 0 Å². The van der Waals surface area contributed by atoms with Gasteiger partial charge in [0, 0.05) is 79.7 Å². The first kappa shape index (κ1) is 47.0. The Morgan fingerprint density at radius 2 is 1.63 bits per heavy atom. The maximum absolute atomic E-state index is 14.5. The Bertz CT molecular complexity index is 2760. The van der Waals surface area contributed by atoms with E-state index in [1.165, 1.54) is 40.3 Å². The van der Waals surface area contributed by atoms with Crippen molar-refractivity contribution in [2.75, 3.05) is 34.4 Å². The summed E-state index contributed by atoms with van der Waals surface area (Å²) in [4.78, 5) is 111. The Hall–Kier alpha value is -7.50. The van der Waals surface area contributed by atoms with Crippen LogP contribution in [-0.2, 0) is 36.8 Å². The number of fused-ring (bicyclic) bond motifs is 2. The molecule has 346 valence electrons. The van der Waals surface area contributed by atoms with E-state index in [1.54, 1.807) is 30.5 Å². The van der Waals surface area contributed by atoms with Crippen molar-refractivity contribution >= 4 is 51.6 Å². The van der Waals surface area contributed by atoms with Crippen molar-refractivity contribution in [2.24, 2.45) is 5.73 Å². The Labute approximate surface area is 368 Å². The van der Waals surface area contributed by atoms with Crippen molar-refractivity contribution in [3.63, 3.8) is 0 Å². The Morgan fingerprint density at radius 3 is 2.32 bits per heavy atom. The molecule has 5 amide bonds. The molecule has 2 aromatic carbocycles. The van der Waals surface area contributed by atoms with Crippen LogP contribution in [0.25, 0.3) is 21.9 Å². The molecule has 1 fully saturated rings. The minimum atomic E-state index is -1.64. The van der Waals surface area contributed by atoms with Gasteiger partial charge in [-0.2, -0.15) is 0 Å². The molecular formula is C42H49N9O14. The topological polar surface area (TPSA) is 332 Å². The van der Waals surface area contributed by atoms with Crippen molar-refractivity contribution in [1.82, 2.24) is 40.7 Å². The number of carbonyl (C=O) groups excluding carboxylic acids is 4. The van der Waals surface area contributed by atoms with Crippen molar-refractivity contribution in [3.8, 4) is 11.5 Å². The summed E-state index contributed by atoms with van der Waals surface area (Å²) in [6.45, 7) is 0.750. The van der Waals surface area contributed by atoms with Crippen molar-refractivity contribution < 1.29 is 52.8 Å². The number of amides is 5. The molecule has 3 aromatic heterocycles. The maximum Gasteiger partial charge on any atom is 0.336 e. The van der Waals surface area contributed by atoms with E-state index in [0.717, 1.165) is 38.7 Å². The average molecular weight is 904 g/mol. The van der Waals surface area contributed by atoms with Crippen LogP contribution in [0.1, 0.15) is 30.7 Å². The number of hydrogen-bond donors (Lipinski definition) is 9. The summed E-state index contributed by atoms with van der Waals surface area (Å²) in [5.41, 5.74) is 4.86. The average Bonchev–Trinajstić information content (AvgIpc) is 3.87. The number of urea groups is 1. The smallest absolute Gasteiger partial charge is 0.336 e. The van der Waals surface area contributed by atoms with Crippen LogP contribution in [0.5, 0.6) is 11.5 Å². The molecule has 1 aliphatic rings. The molecule has 1 saturated heterocycles. The van der Waals surface area contributed by atoms with E-state index >= 15 is 0 Å². The Balaban J connectivity index is 1.29. The van der Waals surface area contributed by atoms with E-state index in [1.807, 2.05) is 0 Å². The fraction of sp³-hybridized carbons (Fsp3) is 0.381. The van der Waals surface area contributed by atoms with Gasteiger partial charge in [-0.05, 0) is 30.2 Å². The lowest BCUT2D eigenvalue weighted by Crippen LogP contribution is -2.62. The number of rotatable bonds is 18. The van der Waals surface area contributed by atoms with Gasteiger partial charge in [0.05, 0.1) is 32.9 Å². The summed E-state index contributed by atoms with van der Waals surface area (Å²) < 4.78 is 23.0. The molecule has 5 aromatic rings. The number of aromatic amines is 2. The zero-order chi connectivity index (χ0) is 47.1. The highest BCUT2D eigenvalue weighted by Gasteiger charge is 2.38. The molecular weight excluding hydrogens is 855 g/mol. The van der Waals surface area contributed by atoms with Gasteiger partial charge >= 0.3 is 23.3 Å². The molecule has 0 bridgehead atoms. The molecule has 23 heteroatoms. The number of ether oxygens (including phenoxy) is 3. The van der Waals surface area contributed by atoms with E-state index < -0.39 is 102 Å². The Morgan fingerprint density at radius 1 is 0.938 bits per heavy atom. The number of para-hydroxylation sites is 1. The fourth-order valence-electron chi connectivity index (χ4n) is 7.55. The SMILES string of the molecule is COc1cc2oc(=O)cc(C[C@H](NC(=O)N[C@@H](Cc3c[nH]c4ccccc34)C(=O)O)C(=O)N[C@H](C(=O)NC[C@H]3C[C@@H](O)[C@H](n4ccc(=O)[nH]c4=O)O3)[C@H](C)N(C)C(=O)CN)c2cc1OC. The van der Waals surface area contributed by atoms with Gasteiger partial charge in [-0.3, -0.25) is 28.7 Å². The number of aliphatic carboxylic acids is 1. The van der Waals surface area contributed by atoms with Gasteiger partial charge < -0.3 is 65.7 Å². The number of methoxy groups -OCH3 is 2. The van der Waals surface area contributed by atoms with Crippen molar-refractivity contribution in [1.29, 1.82) is 0 Å². The van der Waals surface area contributed by atoms with Crippen LogP contribution < -0.4 is 53.3 Å². The number of aliphatic hydroxyl groups excluding tert-OH is 1. The number of likely N-dealkylation sites (N-methyl/N-ethyl adjacent to an activating group) is 1. The number of carboxylic acid groups (broad SMARTS) is 1. The number of aromatic nitrogens is 3. The van der Waals surface area contributed by atoms with E-state index in [0.29, 0.717) is 5.56 Å². The second-order valence-corrected chi connectivity index (χ2v) is 15.3. The predicted octanol–water partition coefficient (Wildman–Crippen LogP) is -1.20. The zero-order valence-electron chi connectivity index (χ0n) is 35.6. The third kappa shape index (κ3) is 10.8. The highest BCUT2D eigenvalue weighted by Crippen LogP contribution is 2.33. The van der Waals surface area contributed by atoms with Gasteiger partial charge in [0.2, 0.25) is 17.7 Å². The van der Waals surface area contributed by atoms with Gasteiger partial charge in [0.1, 0.15) is 29.8 Å². The van der Waals surface area contributed by atoms with Crippen molar-refractivity contribution in [3.05, 3.63) is 103 Å². The lowest BCUT2D eigenvalue weighted by atomic mass is 10.00. The van der Waals surface area contributed by atoms with Crippen molar-refractivity contribution in [2.45, 2.75) is 68.8 Å². The molecule has 4 heterocycles. The van der Waals surface area contributed by atoms with Crippen LogP contribution in [0.15, 0.2) is 79.7 Å². The third-order valence-corrected chi connectivity index (χ3v) is 11.1. The minimum absolute atomic E-state index is 0.0399. The summed E-state index contributed by atoms with van der Waals surface area (Å²) in [5.74, 6) is -3.38. The van der Waals surface area contributed by atoms with Crippen LogP contribution in [0, 0.1) is 0 Å².